The number of ether oxygens (including phenoxy) is 1. The number of anilines is 1. The van der Waals surface area contributed by atoms with E-state index in [4.69, 9.17) is 4.74 Å². The summed E-state index contributed by atoms with van der Waals surface area (Å²) in [7, 11) is 3.25. The molecule has 0 fully saturated rings. The molecule has 2 aliphatic heterocycles. The van der Waals surface area contributed by atoms with E-state index in [9.17, 15) is 19.5 Å². The molecule has 2 amide bonds. The van der Waals surface area contributed by atoms with Crippen molar-refractivity contribution in [3.05, 3.63) is 57.0 Å². The second kappa shape index (κ2) is 8.07. The smallest absolute Gasteiger partial charge is 0.277 e. The van der Waals surface area contributed by atoms with Crippen molar-refractivity contribution in [2.24, 2.45) is 0 Å². The predicted octanol–water partition coefficient (Wildman–Crippen LogP) is 1.08. The zero-order valence-electron chi connectivity index (χ0n) is 17.9. The van der Waals surface area contributed by atoms with Crippen LogP contribution in [0.3, 0.4) is 0 Å². The zero-order chi connectivity index (χ0) is 22.3. The number of carbonyl (C=O) groups excluding carboxylic acids is 2. The number of benzene rings is 1. The largest absolute Gasteiger partial charge is 0.502 e. The first-order valence-electron chi connectivity index (χ1n) is 10.2. The van der Waals surface area contributed by atoms with Crippen LogP contribution in [0.1, 0.15) is 38.4 Å². The zero-order valence-corrected chi connectivity index (χ0v) is 17.9. The van der Waals surface area contributed by atoms with Crippen LogP contribution in [-0.2, 0) is 11.2 Å². The van der Waals surface area contributed by atoms with Crippen molar-refractivity contribution >= 4 is 17.5 Å². The summed E-state index contributed by atoms with van der Waals surface area (Å²) in [5.41, 5.74) is 1.78. The molecule has 2 aliphatic rings. The van der Waals surface area contributed by atoms with E-state index in [1.807, 2.05) is 25.1 Å². The standard InChI is InChI=1S/C22H26N4O5/c1-14-6-7-17-15(11-14)5-4-8-25(17)21(29)16-12-26-18(20(28)19(16)27)22(30)24(9-10-31-3)13-23(26)2/h6-7,11-12,28H,4-5,8-10,13H2,1-3H3. The minimum absolute atomic E-state index is 0.152. The number of aromatic nitrogens is 1. The van der Waals surface area contributed by atoms with Gasteiger partial charge in [-0.2, -0.15) is 0 Å². The highest BCUT2D eigenvalue weighted by atomic mass is 16.5. The van der Waals surface area contributed by atoms with Crippen molar-refractivity contribution in [2.75, 3.05) is 50.4 Å². The maximum absolute atomic E-state index is 13.4. The second-order valence-electron chi connectivity index (χ2n) is 7.97. The average Bonchev–Trinajstić information content (AvgIpc) is 2.75. The number of carbonyl (C=O) groups is 2. The normalized spacial score (nSPS) is 15.7. The number of methoxy groups -OCH3 is 1. The van der Waals surface area contributed by atoms with Gasteiger partial charge in [0.05, 0.1) is 6.61 Å². The van der Waals surface area contributed by atoms with Gasteiger partial charge in [-0.25, -0.2) is 0 Å². The van der Waals surface area contributed by atoms with Crippen molar-refractivity contribution in [1.82, 2.24) is 9.58 Å². The van der Waals surface area contributed by atoms with Gasteiger partial charge in [-0.05, 0) is 31.4 Å². The fraction of sp³-hybridized carbons (Fsp3) is 0.409. The quantitative estimate of drug-likeness (QED) is 0.786. The van der Waals surface area contributed by atoms with Crippen LogP contribution in [0, 0.1) is 6.92 Å². The van der Waals surface area contributed by atoms with Crippen molar-refractivity contribution < 1.29 is 19.4 Å². The van der Waals surface area contributed by atoms with Crippen LogP contribution >= 0.6 is 0 Å². The summed E-state index contributed by atoms with van der Waals surface area (Å²) in [5, 5.41) is 12.3. The maximum atomic E-state index is 13.4. The molecule has 0 atom stereocenters. The van der Waals surface area contributed by atoms with E-state index in [-0.39, 0.29) is 17.9 Å². The Balaban J connectivity index is 1.75. The fourth-order valence-electron chi connectivity index (χ4n) is 4.20. The monoisotopic (exact) mass is 426 g/mol. The Morgan fingerprint density at radius 1 is 1.26 bits per heavy atom. The number of aryl methyl sites for hydroxylation is 2. The van der Waals surface area contributed by atoms with E-state index in [1.165, 1.54) is 22.9 Å². The van der Waals surface area contributed by atoms with E-state index in [1.54, 1.807) is 17.0 Å². The number of hydrogen-bond donors (Lipinski definition) is 1. The number of amides is 2. The molecular weight excluding hydrogens is 400 g/mol. The highest BCUT2D eigenvalue weighted by molar-refractivity contribution is 6.07. The Labute approximate surface area is 180 Å². The molecule has 9 heteroatoms. The first-order chi connectivity index (χ1) is 14.8. The van der Waals surface area contributed by atoms with Crippen molar-refractivity contribution in [3.8, 4) is 5.75 Å². The third kappa shape index (κ3) is 3.54. The van der Waals surface area contributed by atoms with E-state index < -0.39 is 23.0 Å². The molecule has 1 aromatic heterocycles. The molecule has 3 heterocycles. The summed E-state index contributed by atoms with van der Waals surface area (Å²) >= 11 is 0. The summed E-state index contributed by atoms with van der Waals surface area (Å²) in [4.78, 5) is 42.2. The molecule has 9 nitrogen and oxygen atoms in total. The van der Waals surface area contributed by atoms with Gasteiger partial charge >= 0.3 is 0 Å². The van der Waals surface area contributed by atoms with Crippen molar-refractivity contribution in [1.29, 1.82) is 0 Å². The molecular formula is C22H26N4O5. The highest BCUT2D eigenvalue weighted by Crippen LogP contribution is 2.29. The Morgan fingerprint density at radius 3 is 2.77 bits per heavy atom. The number of aromatic hydroxyl groups is 1. The summed E-state index contributed by atoms with van der Waals surface area (Å²) in [6, 6.07) is 5.87. The molecule has 0 saturated carbocycles. The lowest BCUT2D eigenvalue weighted by Crippen LogP contribution is -2.53. The van der Waals surface area contributed by atoms with Gasteiger partial charge in [0.2, 0.25) is 5.43 Å². The van der Waals surface area contributed by atoms with Crippen molar-refractivity contribution in [2.45, 2.75) is 19.8 Å². The molecule has 1 aromatic carbocycles. The van der Waals surface area contributed by atoms with E-state index in [2.05, 4.69) is 0 Å². The summed E-state index contributed by atoms with van der Waals surface area (Å²) in [5.74, 6) is -1.68. The van der Waals surface area contributed by atoms with Crippen LogP contribution < -0.4 is 15.3 Å². The molecule has 0 spiro atoms. The van der Waals surface area contributed by atoms with Crippen molar-refractivity contribution in [3.63, 3.8) is 0 Å². The molecule has 0 unspecified atom stereocenters. The maximum Gasteiger partial charge on any atom is 0.277 e. The number of fused-ring (bicyclic) bond motifs is 2. The van der Waals surface area contributed by atoms with Crippen LogP contribution in [0.2, 0.25) is 0 Å². The van der Waals surface area contributed by atoms with Gasteiger partial charge < -0.3 is 19.6 Å². The minimum atomic E-state index is -0.842. The number of rotatable bonds is 4. The third-order valence-electron chi connectivity index (χ3n) is 5.79. The Morgan fingerprint density at radius 2 is 2.03 bits per heavy atom. The SMILES string of the molecule is COCCN1CN(C)n2cc(C(=O)N3CCCc4cc(C)ccc43)c(=O)c(O)c2C1=O. The van der Waals surface area contributed by atoms with Gasteiger partial charge in [0.25, 0.3) is 11.8 Å². The molecule has 4 rings (SSSR count). The molecule has 1 N–H and O–H groups in total. The molecule has 164 valence electrons. The third-order valence-corrected chi connectivity index (χ3v) is 5.79. The molecule has 0 radical (unpaired) electrons. The van der Waals surface area contributed by atoms with E-state index >= 15 is 0 Å². The van der Waals surface area contributed by atoms with Gasteiger partial charge in [-0.15, -0.1) is 0 Å². The Kier molecular flexibility index (Phi) is 5.45. The summed E-state index contributed by atoms with van der Waals surface area (Å²) in [6.07, 6.45) is 3.00. The van der Waals surface area contributed by atoms with Gasteiger partial charge in [-0.3, -0.25) is 24.1 Å². The lowest BCUT2D eigenvalue weighted by molar-refractivity contribution is 0.0629. The highest BCUT2D eigenvalue weighted by Gasteiger charge is 2.34. The van der Waals surface area contributed by atoms with Crippen LogP contribution in [0.15, 0.2) is 29.2 Å². The molecule has 31 heavy (non-hydrogen) atoms. The average molecular weight is 426 g/mol. The molecule has 0 saturated heterocycles. The topological polar surface area (TPSA) is 95.3 Å². The van der Waals surface area contributed by atoms with Crippen LogP contribution in [0.4, 0.5) is 5.69 Å². The van der Waals surface area contributed by atoms with E-state index in [0.717, 1.165) is 29.7 Å². The molecule has 0 bridgehead atoms. The first-order valence-corrected chi connectivity index (χ1v) is 10.2. The van der Waals surface area contributed by atoms with Crippen LogP contribution in [0.25, 0.3) is 0 Å². The molecule has 2 aromatic rings. The first kappa shape index (κ1) is 20.9. The van der Waals surface area contributed by atoms with Crippen LogP contribution in [0.5, 0.6) is 5.75 Å². The Bertz CT molecular complexity index is 1110. The number of pyridine rings is 1. The van der Waals surface area contributed by atoms with Gasteiger partial charge in [0, 0.05) is 39.1 Å². The van der Waals surface area contributed by atoms with E-state index in [0.29, 0.717) is 19.7 Å². The number of hydrogen-bond acceptors (Lipinski definition) is 6. The Hall–Kier alpha value is -3.33. The predicted molar refractivity (Wildman–Crippen MR) is 115 cm³/mol. The van der Waals surface area contributed by atoms with Crippen LogP contribution in [-0.4, -0.2) is 67.0 Å². The molecule has 0 aliphatic carbocycles. The fourth-order valence-corrected chi connectivity index (χ4v) is 4.20. The number of nitrogens with zero attached hydrogens (tertiary/aromatic N) is 4. The lowest BCUT2D eigenvalue weighted by Gasteiger charge is -2.37. The van der Waals surface area contributed by atoms with Gasteiger partial charge in [-0.1, -0.05) is 17.7 Å². The lowest BCUT2D eigenvalue weighted by atomic mass is 9.99. The second-order valence-corrected chi connectivity index (χ2v) is 7.97. The van der Waals surface area contributed by atoms with Gasteiger partial charge in [0.1, 0.15) is 12.2 Å². The minimum Gasteiger partial charge on any atom is -0.502 e. The summed E-state index contributed by atoms with van der Waals surface area (Å²) in [6.45, 7) is 3.36. The summed E-state index contributed by atoms with van der Waals surface area (Å²) < 4.78 is 6.41. The van der Waals surface area contributed by atoms with Gasteiger partial charge in [0.15, 0.2) is 11.4 Å².